The summed E-state index contributed by atoms with van der Waals surface area (Å²) in [6.07, 6.45) is 0. The van der Waals surface area contributed by atoms with Crippen molar-refractivity contribution in [1.82, 2.24) is 5.32 Å². The molecular formula is C12H18N2O. The highest BCUT2D eigenvalue weighted by molar-refractivity contribution is 5.32. The van der Waals surface area contributed by atoms with Gasteiger partial charge in [0.15, 0.2) is 0 Å². The average Bonchev–Trinajstić information content (AvgIpc) is 2.11. The van der Waals surface area contributed by atoms with Crippen molar-refractivity contribution in [3.8, 4) is 0 Å². The average molecular weight is 206 g/mol. The summed E-state index contributed by atoms with van der Waals surface area (Å²) in [5.41, 5.74) is 8.73. The zero-order chi connectivity index (χ0) is 11.1. The van der Waals surface area contributed by atoms with Gasteiger partial charge in [0.25, 0.3) is 0 Å². The maximum atomic E-state index is 10.1. The fraction of sp³-hybridized carbons (Fsp3) is 0.500. The molecule has 4 N–H and O–H groups in total. The first-order chi connectivity index (χ1) is 7.01. The van der Waals surface area contributed by atoms with Gasteiger partial charge in [0.1, 0.15) is 5.60 Å². The van der Waals surface area contributed by atoms with E-state index in [9.17, 15) is 5.11 Å². The summed E-state index contributed by atoms with van der Waals surface area (Å²) in [5.74, 6) is 0. The zero-order valence-corrected chi connectivity index (χ0v) is 9.25. The summed E-state index contributed by atoms with van der Waals surface area (Å²) in [7, 11) is 0. The van der Waals surface area contributed by atoms with Crippen molar-refractivity contribution in [2.75, 3.05) is 13.1 Å². The quantitative estimate of drug-likeness (QED) is 0.665. The van der Waals surface area contributed by atoms with Gasteiger partial charge in [-0.1, -0.05) is 29.3 Å². The van der Waals surface area contributed by atoms with Crippen molar-refractivity contribution >= 4 is 0 Å². The van der Waals surface area contributed by atoms with Gasteiger partial charge in [-0.25, -0.2) is 0 Å². The number of aliphatic hydroxyl groups is 1. The van der Waals surface area contributed by atoms with Gasteiger partial charge in [0.2, 0.25) is 0 Å². The highest BCUT2D eigenvalue weighted by Crippen LogP contribution is 2.28. The topological polar surface area (TPSA) is 58.3 Å². The Morgan fingerprint density at radius 1 is 1.27 bits per heavy atom. The maximum Gasteiger partial charge on any atom is 0.109 e. The van der Waals surface area contributed by atoms with Crippen LogP contribution < -0.4 is 11.1 Å². The molecule has 1 aromatic rings. The van der Waals surface area contributed by atoms with Gasteiger partial charge in [0.05, 0.1) is 6.04 Å². The number of hydrogen-bond donors (Lipinski definition) is 3. The number of benzene rings is 1. The Hall–Kier alpha value is -0.900. The minimum Gasteiger partial charge on any atom is -0.385 e. The molecule has 1 saturated heterocycles. The summed E-state index contributed by atoms with van der Waals surface area (Å²) >= 11 is 0. The van der Waals surface area contributed by atoms with Gasteiger partial charge in [-0.2, -0.15) is 0 Å². The Bertz CT molecular complexity index is 352. The standard InChI is InChI=1S/C12H18N2O/c1-8-3-9(2)5-10(4-8)11(13)12(15)6-14-7-12/h3-5,11,14-15H,6-7,13H2,1-2H3. The van der Waals surface area contributed by atoms with Crippen LogP contribution in [0, 0.1) is 13.8 Å². The third-order valence-electron chi connectivity index (χ3n) is 3.04. The van der Waals surface area contributed by atoms with Crippen molar-refractivity contribution < 1.29 is 5.11 Å². The summed E-state index contributed by atoms with van der Waals surface area (Å²) < 4.78 is 0. The minimum atomic E-state index is -0.764. The lowest BCUT2D eigenvalue weighted by Gasteiger charge is -2.42. The molecule has 3 heteroatoms. The van der Waals surface area contributed by atoms with Crippen molar-refractivity contribution in [3.63, 3.8) is 0 Å². The fourth-order valence-electron chi connectivity index (χ4n) is 2.10. The second kappa shape index (κ2) is 3.59. The predicted molar refractivity (Wildman–Crippen MR) is 60.7 cm³/mol. The summed E-state index contributed by atoms with van der Waals surface area (Å²) in [6.45, 7) is 5.26. The first-order valence-corrected chi connectivity index (χ1v) is 5.28. The Kier molecular flexibility index (Phi) is 2.54. The SMILES string of the molecule is Cc1cc(C)cc(C(N)C2(O)CNC2)c1. The van der Waals surface area contributed by atoms with E-state index >= 15 is 0 Å². The number of β-amino-alcohol motifs (C(OH)–C–C–N with tert-alkyl or cyclic N) is 1. The Morgan fingerprint density at radius 2 is 1.80 bits per heavy atom. The smallest absolute Gasteiger partial charge is 0.109 e. The van der Waals surface area contributed by atoms with Crippen molar-refractivity contribution in [2.45, 2.75) is 25.5 Å². The minimum absolute atomic E-state index is 0.294. The number of nitrogens with one attached hydrogen (secondary N) is 1. The summed E-state index contributed by atoms with van der Waals surface area (Å²) in [5, 5.41) is 13.2. The van der Waals surface area contributed by atoms with Gasteiger partial charge in [-0.15, -0.1) is 0 Å². The molecule has 1 unspecified atom stereocenters. The Morgan fingerprint density at radius 3 is 2.20 bits per heavy atom. The van der Waals surface area contributed by atoms with Crippen LogP contribution in [-0.4, -0.2) is 23.8 Å². The van der Waals surface area contributed by atoms with Gasteiger partial charge >= 0.3 is 0 Å². The molecule has 0 aromatic heterocycles. The molecule has 2 rings (SSSR count). The van der Waals surface area contributed by atoms with E-state index < -0.39 is 5.60 Å². The molecule has 0 aliphatic carbocycles. The van der Waals surface area contributed by atoms with E-state index in [1.165, 1.54) is 11.1 Å². The monoisotopic (exact) mass is 206 g/mol. The molecule has 0 spiro atoms. The molecule has 0 bridgehead atoms. The Labute approximate surface area is 90.3 Å². The lowest BCUT2D eigenvalue weighted by Crippen LogP contribution is -2.64. The number of hydrogen-bond acceptors (Lipinski definition) is 3. The lowest BCUT2D eigenvalue weighted by atomic mass is 9.83. The molecular weight excluding hydrogens is 188 g/mol. The van der Waals surface area contributed by atoms with E-state index in [4.69, 9.17) is 5.73 Å². The van der Waals surface area contributed by atoms with E-state index in [0.29, 0.717) is 13.1 Å². The van der Waals surface area contributed by atoms with Crippen molar-refractivity contribution in [2.24, 2.45) is 5.73 Å². The molecule has 0 saturated carbocycles. The van der Waals surface area contributed by atoms with Crippen LogP contribution in [0.5, 0.6) is 0 Å². The first kappa shape index (κ1) is 10.6. The van der Waals surface area contributed by atoms with Crippen LogP contribution >= 0.6 is 0 Å². The normalized spacial score (nSPS) is 20.8. The zero-order valence-electron chi connectivity index (χ0n) is 9.25. The summed E-state index contributed by atoms with van der Waals surface area (Å²) in [4.78, 5) is 0. The van der Waals surface area contributed by atoms with Crippen LogP contribution in [0.3, 0.4) is 0 Å². The maximum absolute atomic E-state index is 10.1. The van der Waals surface area contributed by atoms with Gasteiger partial charge in [0, 0.05) is 13.1 Å². The lowest BCUT2D eigenvalue weighted by molar-refractivity contribution is -0.0333. The van der Waals surface area contributed by atoms with Gasteiger partial charge < -0.3 is 16.2 Å². The van der Waals surface area contributed by atoms with Gasteiger partial charge in [-0.05, 0) is 19.4 Å². The second-order valence-electron chi connectivity index (χ2n) is 4.61. The Balaban J connectivity index is 2.28. The molecule has 1 atom stereocenters. The van der Waals surface area contributed by atoms with Crippen LogP contribution in [0.4, 0.5) is 0 Å². The number of aryl methyl sites for hydroxylation is 2. The number of nitrogens with two attached hydrogens (primary N) is 1. The molecule has 0 radical (unpaired) electrons. The third kappa shape index (κ3) is 1.91. The second-order valence-corrected chi connectivity index (χ2v) is 4.61. The van der Waals surface area contributed by atoms with Crippen LogP contribution in [0.2, 0.25) is 0 Å². The van der Waals surface area contributed by atoms with E-state index in [0.717, 1.165) is 5.56 Å². The van der Waals surface area contributed by atoms with Crippen LogP contribution in [0.15, 0.2) is 18.2 Å². The first-order valence-electron chi connectivity index (χ1n) is 5.28. The molecule has 1 aliphatic rings. The van der Waals surface area contributed by atoms with E-state index in [1.807, 2.05) is 26.0 Å². The molecule has 82 valence electrons. The molecule has 1 aliphatic heterocycles. The van der Waals surface area contributed by atoms with Crippen LogP contribution in [0.25, 0.3) is 0 Å². The molecule has 1 fully saturated rings. The highest BCUT2D eigenvalue weighted by atomic mass is 16.3. The van der Waals surface area contributed by atoms with Crippen LogP contribution in [-0.2, 0) is 0 Å². The van der Waals surface area contributed by atoms with Crippen molar-refractivity contribution in [3.05, 3.63) is 34.9 Å². The van der Waals surface area contributed by atoms with E-state index in [2.05, 4.69) is 11.4 Å². The molecule has 1 heterocycles. The van der Waals surface area contributed by atoms with E-state index in [1.54, 1.807) is 0 Å². The molecule has 3 nitrogen and oxygen atoms in total. The van der Waals surface area contributed by atoms with Gasteiger partial charge in [-0.3, -0.25) is 0 Å². The predicted octanol–water partition coefficient (Wildman–Crippen LogP) is 0.638. The number of rotatable bonds is 2. The molecule has 0 amide bonds. The largest absolute Gasteiger partial charge is 0.385 e. The third-order valence-corrected chi connectivity index (χ3v) is 3.04. The fourth-order valence-corrected chi connectivity index (χ4v) is 2.10. The van der Waals surface area contributed by atoms with Crippen molar-refractivity contribution in [1.29, 1.82) is 0 Å². The highest BCUT2D eigenvalue weighted by Gasteiger charge is 2.41. The molecule has 1 aromatic carbocycles. The van der Waals surface area contributed by atoms with Crippen LogP contribution in [0.1, 0.15) is 22.7 Å². The molecule has 15 heavy (non-hydrogen) atoms. The van der Waals surface area contributed by atoms with E-state index in [-0.39, 0.29) is 6.04 Å². The summed E-state index contributed by atoms with van der Waals surface area (Å²) in [6, 6.07) is 5.92.